The van der Waals surface area contributed by atoms with Gasteiger partial charge in [-0.25, -0.2) is 4.39 Å². The number of amides is 1. The average molecular weight is 352 g/mol. The van der Waals surface area contributed by atoms with Gasteiger partial charge in [-0.3, -0.25) is 4.79 Å². The second-order valence-electron chi connectivity index (χ2n) is 6.13. The Morgan fingerprint density at radius 3 is 2.58 bits per heavy atom. The van der Waals surface area contributed by atoms with Gasteiger partial charge in [0.2, 0.25) is 5.91 Å². The van der Waals surface area contributed by atoms with E-state index in [-0.39, 0.29) is 11.7 Å². The van der Waals surface area contributed by atoms with Gasteiger partial charge in [0.05, 0.1) is 6.20 Å². The summed E-state index contributed by atoms with van der Waals surface area (Å²) < 4.78 is 18.3. The van der Waals surface area contributed by atoms with E-state index in [4.69, 9.17) is 4.52 Å². The van der Waals surface area contributed by atoms with E-state index in [0.717, 1.165) is 24.0 Å². The molecule has 2 aromatic carbocycles. The van der Waals surface area contributed by atoms with Crippen molar-refractivity contribution in [3.8, 4) is 11.3 Å². The molecule has 1 N–H and O–H groups in total. The fraction of sp³-hybridized carbons (Fsp3) is 0.238. The van der Waals surface area contributed by atoms with Gasteiger partial charge in [-0.1, -0.05) is 35.5 Å². The first-order chi connectivity index (χ1) is 12.7. The van der Waals surface area contributed by atoms with Crippen molar-refractivity contribution in [2.75, 3.05) is 6.54 Å². The summed E-state index contributed by atoms with van der Waals surface area (Å²) in [6, 6.07) is 16.2. The van der Waals surface area contributed by atoms with Crippen LogP contribution in [-0.2, 0) is 17.6 Å². The number of rotatable bonds is 8. The maximum Gasteiger partial charge on any atom is 0.220 e. The van der Waals surface area contributed by atoms with Gasteiger partial charge in [0.15, 0.2) is 5.76 Å². The fourth-order valence-electron chi connectivity index (χ4n) is 2.78. The monoisotopic (exact) mass is 352 g/mol. The Morgan fingerprint density at radius 1 is 1.04 bits per heavy atom. The molecule has 3 aromatic rings. The molecular formula is C21H21FN2O2. The van der Waals surface area contributed by atoms with Crippen molar-refractivity contribution in [2.24, 2.45) is 0 Å². The van der Waals surface area contributed by atoms with Crippen LogP contribution >= 0.6 is 0 Å². The molecule has 1 amide bonds. The van der Waals surface area contributed by atoms with E-state index in [9.17, 15) is 9.18 Å². The predicted molar refractivity (Wildman–Crippen MR) is 98.0 cm³/mol. The third-order valence-corrected chi connectivity index (χ3v) is 4.18. The van der Waals surface area contributed by atoms with E-state index in [1.807, 2.05) is 18.2 Å². The number of carbonyl (C=O) groups is 1. The van der Waals surface area contributed by atoms with Gasteiger partial charge in [-0.15, -0.1) is 0 Å². The third-order valence-electron chi connectivity index (χ3n) is 4.18. The lowest BCUT2D eigenvalue weighted by Crippen LogP contribution is -2.25. The number of nitrogens with zero attached hydrogens (tertiary/aromatic N) is 1. The van der Waals surface area contributed by atoms with Gasteiger partial charge in [-0.05, 0) is 49.1 Å². The standard InChI is InChI=1S/C21H21FN2O2/c22-19-11-8-17(9-12-19)21-18(15-24-26-21)10-13-20(25)23-14-4-7-16-5-2-1-3-6-16/h1-3,5-6,8-9,11-12,15H,4,7,10,13-14H2,(H,23,25). The predicted octanol–water partition coefficient (Wildman–Crippen LogP) is 4.16. The van der Waals surface area contributed by atoms with E-state index in [0.29, 0.717) is 25.1 Å². The largest absolute Gasteiger partial charge is 0.356 e. The Kier molecular flexibility index (Phi) is 6.14. The third kappa shape index (κ3) is 5.02. The molecule has 1 heterocycles. The van der Waals surface area contributed by atoms with Crippen LogP contribution in [0.25, 0.3) is 11.3 Å². The summed E-state index contributed by atoms with van der Waals surface area (Å²) in [4.78, 5) is 12.0. The summed E-state index contributed by atoms with van der Waals surface area (Å²) in [7, 11) is 0. The van der Waals surface area contributed by atoms with Gasteiger partial charge in [0, 0.05) is 24.1 Å². The quantitative estimate of drug-likeness (QED) is 0.619. The Bertz CT molecular complexity index is 829. The van der Waals surface area contributed by atoms with E-state index >= 15 is 0 Å². The SMILES string of the molecule is O=C(CCc1cnoc1-c1ccc(F)cc1)NCCCc1ccccc1. The van der Waals surface area contributed by atoms with Gasteiger partial charge in [0.1, 0.15) is 5.82 Å². The first kappa shape index (κ1) is 17.9. The molecule has 0 radical (unpaired) electrons. The first-order valence-electron chi connectivity index (χ1n) is 8.72. The number of hydrogen-bond acceptors (Lipinski definition) is 3. The minimum absolute atomic E-state index is 0.00400. The number of halogens is 1. The van der Waals surface area contributed by atoms with Crippen LogP contribution in [0.5, 0.6) is 0 Å². The molecule has 0 atom stereocenters. The Balaban J connectivity index is 1.43. The van der Waals surface area contributed by atoms with Crippen molar-refractivity contribution < 1.29 is 13.7 Å². The van der Waals surface area contributed by atoms with Crippen LogP contribution in [0.3, 0.4) is 0 Å². The molecule has 0 saturated heterocycles. The lowest BCUT2D eigenvalue weighted by atomic mass is 10.1. The topological polar surface area (TPSA) is 55.1 Å². The number of benzene rings is 2. The average Bonchev–Trinajstić information content (AvgIpc) is 3.14. The van der Waals surface area contributed by atoms with Crippen LogP contribution in [0.1, 0.15) is 24.0 Å². The normalized spacial score (nSPS) is 10.7. The second-order valence-corrected chi connectivity index (χ2v) is 6.13. The van der Waals surface area contributed by atoms with Crippen LogP contribution in [0, 0.1) is 5.82 Å². The molecule has 1 aromatic heterocycles. The van der Waals surface area contributed by atoms with Crippen molar-refractivity contribution in [3.63, 3.8) is 0 Å². The highest BCUT2D eigenvalue weighted by molar-refractivity contribution is 5.76. The summed E-state index contributed by atoms with van der Waals surface area (Å²) in [5, 5.41) is 6.75. The number of carbonyl (C=O) groups excluding carboxylic acids is 1. The van der Waals surface area contributed by atoms with Crippen LogP contribution < -0.4 is 5.32 Å². The number of aryl methyl sites for hydroxylation is 2. The van der Waals surface area contributed by atoms with E-state index in [1.54, 1.807) is 18.3 Å². The molecule has 0 aliphatic rings. The minimum Gasteiger partial charge on any atom is -0.356 e. The summed E-state index contributed by atoms with van der Waals surface area (Å²) in [5.74, 6) is 0.288. The van der Waals surface area contributed by atoms with E-state index in [2.05, 4.69) is 22.6 Å². The van der Waals surface area contributed by atoms with Gasteiger partial charge >= 0.3 is 0 Å². The summed E-state index contributed by atoms with van der Waals surface area (Å²) in [5.41, 5.74) is 2.87. The van der Waals surface area contributed by atoms with E-state index in [1.165, 1.54) is 17.7 Å². The molecular weight excluding hydrogens is 331 g/mol. The summed E-state index contributed by atoms with van der Waals surface area (Å²) in [6.45, 7) is 0.655. The highest BCUT2D eigenvalue weighted by Crippen LogP contribution is 2.24. The highest BCUT2D eigenvalue weighted by Gasteiger charge is 2.12. The van der Waals surface area contributed by atoms with Crippen molar-refractivity contribution in [1.82, 2.24) is 10.5 Å². The molecule has 0 fully saturated rings. The van der Waals surface area contributed by atoms with Crippen molar-refractivity contribution >= 4 is 5.91 Å². The first-order valence-corrected chi connectivity index (χ1v) is 8.72. The maximum atomic E-state index is 13.0. The molecule has 0 saturated carbocycles. The Morgan fingerprint density at radius 2 is 1.81 bits per heavy atom. The van der Waals surface area contributed by atoms with Gasteiger partial charge in [0.25, 0.3) is 0 Å². The fourth-order valence-corrected chi connectivity index (χ4v) is 2.78. The zero-order chi connectivity index (χ0) is 18.2. The zero-order valence-electron chi connectivity index (χ0n) is 14.5. The van der Waals surface area contributed by atoms with E-state index < -0.39 is 0 Å². The molecule has 26 heavy (non-hydrogen) atoms. The van der Waals surface area contributed by atoms with Crippen LogP contribution in [0.4, 0.5) is 4.39 Å². The molecule has 0 aliphatic heterocycles. The minimum atomic E-state index is -0.301. The maximum absolute atomic E-state index is 13.0. The Labute approximate surface area is 152 Å². The summed E-state index contributed by atoms with van der Waals surface area (Å²) in [6.07, 6.45) is 4.36. The molecule has 0 spiro atoms. The van der Waals surface area contributed by atoms with Crippen LogP contribution in [0.2, 0.25) is 0 Å². The molecule has 3 rings (SSSR count). The number of aromatic nitrogens is 1. The molecule has 0 unspecified atom stereocenters. The van der Waals surface area contributed by atoms with Gasteiger partial charge < -0.3 is 9.84 Å². The molecule has 5 heteroatoms. The number of nitrogens with one attached hydrogen (secondary N) is 1. The lowest BCUT2D eigenvalue weighted by Gasteiger charge is -2.05. The Hall–Kier alpha value is -2.95. The molecule has 0 bridgehead atoms. The molecule has 4 nitrogen and oxygen atoms in total. The highest BCUT2D eigenvalue weighted by atomic mass is 19.1. The molecule has 0 aliphatic carbocycles. The second kappa shape index (κ2) is 8.94. The van der Waals surface area contributed by atoms with Crippen LogP contribution in [-0.4, -0.2) is 17.6 Å². The van der Waals surface area contributed by atoms with Gasteiger partial charge in [-0.2, -0.15) is 0 Å². The van der Waals surface area contributed by atoms with Crippen molar-refractivity contribution in [3.05, 3.63) is 77.7 Å². The van der Waals surface area contributed by atoms with Crippen molar-refractivity contribution in [1.29, 1.82) is 0 Å². The molecule has 134 valence electrons. The number of hydrogen-bond donors (Lipinski definition) is 1. The smallest absolute Gasteiger partial charge is 0.220 e. The summed E-state index contributed by atoms with van der Waals surface area (Å²) >= 11 is 0. The zero-order valence-corrected chi connectivity index (χ0v) is 14.5. The van der Waals surface area contributed by atoms with Crippen molar-refractivity contribution in [2.45, 2.75) is 25.7 Å². The lowest BCUT2D eigenvalue weighted by molar-refractivity contribution is -0.121. The van der Waals surface area contributed by atoms with Crippen LogP contribution in [0.15, 0.2) is 65.3 Å².